The molecule has 0 atom stereocenters. The first-order valence-electron chi connectivity index (χ1n) is 5.67. The van der Waals surface area contributed by atoms with E-state index in [4.69, 9.17) is 11.6 Å². The van der Waals surface area contributed by atoms with Crippen LogP contribution in [0.1, 0.15) is 21.5 Å². The smallest absolute Gasteiger partial charge is 0.294 e. The minimum atomic E-state index is -4.42. The summed E-state index contributed by atoms with van der Waals surface area (Å²) in [4.78, 5) is 15.8. The predicted octanol–water partition coefficient (Wildman–Crippen LogP) is 4.18. The van der Waals surface area contributed by atoms with Crippen LogP contribution in [-0.4, -0.2) is 10.8 Å². The van der Waals surface area contributed by atoms with E-state index in [1.807, 2.05) is 0 Å². The fourth-order valence-corrected chi connectivity index (χ4v) is 1.96. The number of nitrogens with zero attached hydrogens (tertiary/aromatic N) is 1. The first-order valence-corrected chi connectivity index (χ1v) is 6.04. The van der Waals surface area contributed by atoms with E-state index in [2.05, 4.69) is 4.98 Å². The summed E-state index contributed by atoms with van der Waals surface area (Å²) in [5.74, 6) is -0.350. The lowest BCUT2D eigenvalue weighted by atomic mass is 10.0. The molecule has 1 heterocycles. The Hall–Kier alpha value is -1.88. The minimum absolute atomic E-state index is 0.145. The molecule has 1 aromatic heterocycles. The van der Waals surface area contributed by atoms with E-state index in [1.54, 1.807) is 0 Å². The highest BCUT2D eigenvalue weighted by Gasteiger charge is 2.30. The standard InChI is InChI=1S/C14H9ClF3NO/c15-12-8-19-5-4-11(12)13(20)7-9-2-1-3-10(6-9)14(16,17)18/h1-6,8H,7H2. The maximum absolute atomic E-state index is 12.6. The van der Waals surface area contributed by atoms with Crippen molar-refractivity contribution in [2.24, 2.45) is 0 Å². The van der Waals surface area contributed by atoms with Gasteiger partial charge in [-0.2, -0.15) is 13.2 Å². The van der Waals surface area contributed by atoms with Gasteiger partial charge in [-0.05, 0) is 17.7 Å². The van der Waals surface area contributed by atoms with Crippen LogP contribution in [-0.2, 0) is 12.6 Å². The van der Waals surface area contributed by atoms with Crippen LogP contribution in [0.15, 0.2) is 42.7 Å². The van der Waals surface area contributed by atoms with Gasteiger partial charge in [-0.1, -0.05) is 29.8 Å². The number of carbonyl (C=O) groups is 1. The van der Waals surface area contributed by atoms with Crippen molar-refractivity contribution < 1.29 is 18.0 Å². The second kappa shape index (κ2) is 5.63. The molecule has 104 valence electrons. The molecule has 0 unspecified atom stereocenters. The van der Waals surface area contributed by atoms with Crippen molar-refractivity contribution in [1.29, 1.82) is 0 Å². The molecule has 0 radical (unpaired) electrons. The SMILES string of the molecule is O=C(Cc1cccc(C(F)(F)F)c1)c1ccncc1Cl. The molecule has 0 N–H and O–H groups in total. The molecule has 0 fully saturated rings. The normalized spacial score (nSPS) is 11.4. The van der Waals surface area contributed by atoms with Crippen molar-refractivity contribution in [2.45, 2.75) is 12.6 Å². The zero-order valence-corrected chi connectivity index (χ0v) is 10.9. The number of hydrogen-bond donors (Lipinski definition) is 0. The summed E-state index contributed by atoms with van der Waals surface area (Å²) in [6.45, 7) is 0. The number of aromatic nitrogens is 1. The number of rotatable bonds is 3. The highest BCUT2D eigenvalue weighted by molar-refractivity contribution is 6.33. The molecule has 2 aromatic rings. The fourth-order valence-electron chi connectivity index (χ4n) is 1.74. The Bertz CT molecular complexity index is 640. The fraction of sp³-hybridized carbons (Fsp3) is 0.143. The molecule has 0 aliphatic rings. The van der Waals surface area contributed by atoms with E-state index in [0.717, 1.165) is 12.1 Å². The third-order valence-corrected chi connectivity index (χ3v) is 2.99. The third-order valence-electron chi connectivity index (χ3n) is 2.69. The van der Waals surface area contributed by atoms with Crippen LogP contribution >= 0.6 is 11.6 Å². The monoisotopic (exact) mass is 299 g/mol. The average molecular weight is 300 g/mol. The van der Waals surface area contributed by atoms with E-state index in [0.29, 0.717) is 0 Å². The molecule has 2 rings (SSSR count). The van der Waals surface area contributed by atoms with Gasteiger partial charge >= 0.3 is 6.18 Å². The van der Waals surface area contributed by atoms with Crippen molar-refractivity contribution in [3.8, 4) is 0 Å². The molecule has 2 nitrogen and oxygen atoms in total. The van der Waals surface area contributed by atoms with Gasteiger partial charge in [0.1, 0.15) is 0 Å². The largest absolute Gasteiger partial charge is 0.416 e. The number of hydrogen-bond acceptors (Lipinski definition) is 2. The topological polar surface area (TPSA) is 30.0 Å². The van der Waals surface area contributed by atoms with Crippen molar-refractivity contribution in [1.82, 2.24) is 4.98 Å². The Morgan fingerprint density at radius 1 is 1.25 bits per heavy atom. The molecule has 0 aliphatic heterocycles. The number of halogens is 4. The second-order valence-corrected chi connectivity index (χ2v) is 4.56. The van der Waals surface area contributed by atoms with E-state index in [9.17, 15) is 18.0 Å². The van der Waals surface area contributed by atoms with E-state index >= 15 is 0 Å². The Morgan fingerprint density at radius 3 is 2.65 bits per heavy atom. The van der Waals surface area contributed by atoms with Crippen molar-refractivity contribution in [2.75, 3.05) is 0 Å². The summed E-state index contributed by atoms with van der Waals surface area (Å²) in [7, 11) is 0. The number of carbonyl (C=O) groups excluding carboxylic acids is 1. The first-order chi connectivity index (χ1) is 9.38. The zero-order chi connectivity index (χ0) is 14.8. The molecule has 0 amide bonds. The minimum Gasteiger partial charge on any atom is -0.294 e. The van der Waals surface area contributed by atoms with Gasteiger partial charge in [-0.25, -0.2) is 0 Å². The Balaban J connectivity index is 2.23. The van der Waals surface area contributed by atoms with E-state index in [1.165, 1.54) is 30.6 Å². The first kappa shape index (κ1) is 14.5. The van der Waals surface area contributed by atoms with Crippen LogP contribution < -0.4 is 0 Å². The lowest BCUT2D eigenvalue weighted by molar-refractivity contribution is -0.137. The highest BCUT2D eigenvalue weighted by Crippen LogP contribution is 2.29. The molecule has 1 aromatic carbocycles. The van der Waals surface area contributed by atoms with Gasteiger partial charge in [0.25, 0.3) is 0 Å². The number of ketones is 1. The molecule has 0 saturated heterocycles. The van der Waals surface area contributed by atoms with Crippen molar-refractivity contribution in [3.63, 3.8) is 0 Å². The Kier molecular flexibility index (Phi) is 4.09. The number of Topliss-reactive ketones (excluding diaryl/α,β-unsaturated/α-hetero) is 1. The lowest BCUT2D eigenvalue weighted by Crippen LogP contribution is -2.08. The number of pyridine rings is 1. The van der Waals surface area contributed by atoms with Crippen LogP contribution in [0.3, 0.4) is 0 Å². The van der Waals surface area contributed by atoms with Crippen LogP contribution in [0.2, 0.25) is 5.02 Å². The molecular formula is C14H9ClF3NO. The molecule has 0 aliphatic carbocycles. The van der Waals surface area contributed by atoms with Gasteiger partial charge in [-0.3, -0.25) is 9.78 Å². The number of benzene rings is 1. The van der Waals surface area contributed by atoms with Gasteiger partial charge in [-0.15, -0.1) is 0 Å². The summed E-state index contributed by atoms with van der Waals surface area (Å²) < 4.78 is 37.7. The molecule has 0 spiro atoms. The number of alkyl halides is 3. The second-order valence-electron chi connectivity index (χ2n) is 4.15. The maximum Gasteiger partial charge on any atom is 0.416 e. The van der Waals surface area contributed by atoms with E-state index in [-0.39, 0.29) is 28.4 Å². The summed E-state index contributed by atoms with van der Waals surface area (Å²) in [5.41, 5.74) is -0.236. The van der Waals surface area contributed by atoms with Crippen LogP contribution in [0, 0.1) is 0 Å². The van der Waals surface area contributed by atoms with Gasteiger partial charge in [0.15, 0.2) is 5.78 Å². The van der Waals surface area contributed by atoms with Crippen LogP contribution in [0.25, 0.3) is 0 Å². The highest BCUT2D eigenvalue weighted by atomic mass is 35.5. The third kappa shape index (κ3) is 3.36. The summed E-state index contributed by atoms with van der Waals surface area (Å²) in [5, 5.41) is 0.185. The average Bonchev–Trinajstić information content (AvgIpc) is 2.38. The lowest BCUT2D eigenvalue weighted by Gasteiger charge is -2.08. The molecule has 20 heavy (non-hydrogen) atoms. The Morgan fingerprint density at radius 2 is 2.00 bits per heavy atom. The van der Waals surface area contributed by atoms with Crippen LogP contribution in [0.4, 0.5) is 13.2 Å². The zero-order valence-electron chi connectivity index (χ0n) is 10.1. The summed E-state index contributed by atoms with van der Waals surface area (Å²) >= 11 is 5.83. The quantitative estimate of drug-likeness (QED) is 0.796. The summed E-state index contributed by atoms with van der Waals surface area (Å²) in [6.07, 6.45) is -1.84. The van der Waals surface area contributed by atoms with Crippen molar-refractivity contribution in [3.05, 3.63) is 64.4 Å². The molecular weight excluding hydrogens is 291 g/mol. The van der Waals surface area contributed by atoms with Gasteiger partial charge in [0.05, 0.1) is 10.6 Å². The van der Waals surface area contributed by atoms with Crippen molar-refractivity contribution >= 4 is 17.4 Å². The van der Waals surface area contributed by atoms with Crippen LogP contribution in [0.5, 0.6) is 0 Å². The maximum atomic E-state index is 12.6. The van der Waals surface area contributed by atoms with Gasteiger partial charge in [0, 0.05) is 24.4 Å². The summed E-state index contributed by atoms with van der Waals surface area (Å²) in [6, 6.07) is 6.13. The molecule has 0 bridgehead atoms. The van der Waals surface area contributed by atoms with Gasteiger partial charge in [0.2, 0.25) is 0 Å². The van der Waals surface area contributed by atoms with Gasteiger partial charge < -0.3 is 0 Å². The molecule has 0 saturated carbocycles. The predicted molar refractivity (Wildman–Crippen MR) is 68.7 cm³/mol. The Labute approximate surface area is 118 Å². The molecule has 6 heteroatoms. The van der Waals surface area contributed by atoms with E-state index < -0.39 is 11.7 Å².